The van der Waals surface area contributed by atoms with Crippen molar-refractivity contribution in [2.75, 3.05) is 6.61 Å². The largest absolute Gasteiger partial charge is 0.452 e. The van der Waals surface area contributed by atoms with Crippen molar-refractivity contribution in [3.63, 3.8) is 0 Å². The van der Waals surface area contributed by atoms with Crippen molar-refractivity contribution < 1.29 is 18.7 Å². The molecular formula is C20H22FNO3. The third-order valence-corrected chi connectivity index (χ3v) is 4.15. The van der Waals surface area contributed by atoms with E-state index in [-0.39, 0.29) is 11.6 Å². The van der Waals surface area contributed by atoms with Crippen molar-refractivity contribution in [1.82, 2.24) is 5.32 Å². The molecular weight excluding hydrogens is 321 g/mol. The van der Waals surface area contributed by atoms with Gasteiger partial charge in [-0.25, -0.2) is 9.18 Å². The van der Waals surface area contributed by atoms with E-state index in [1.165, 1.54) is 17.7 Å². The summed E-state index contributed by atoms with van der Waals surface area (Å²) in [5, 5.41) is 2.78. The van der Waals surface area contributed by atoms with Gasteiger partial charge in [-0.2, -0.15) is 0 Å². The monoisotopic (exact) mass is 343 g/mol. The van der Waals surface area contributed by atoms with E-state index in [1.54, 1.807) is 6.92 Å². The number of carbonyl (C=O) groups excluding carboxylic acids is 2. The Balaban J connectivity index is 1.90. The van der Waals surface area contributed by atoms with E-state index in [2.05, 4.69) is 5.32 Å². The standard InChI is InChI=1S/C20H22FNO3/c1-12-5-7-16(9-14(12)3)15(4)22-19(23)11-25-20(24)17-8-6-13(2)18(21)10-17/h5-10,15H,11H2,1-4H3,(H,22,23). The minimum Gasteiger partial charge on any atom is -0.452 e. The number of hydrogen-bond acceptors (Lipinski definition) is 3. The number of carbonyl (C=O) groups is 2. The van der Waals surface area contributed by atoms with Gasteiger partial charge in [0.2, 0.25) is 0 Å². The lowest BCUT2D eigenvalue weighted by Gasteiger charge is -2.16. The molecule has 1 N–H and O–H groups in total. The molecule has 0 aromatic heterocycles. The Bertz CT molecular complexity index is 802. The van der Waals surface area contributed by atoms with E-state index in [0.717, 1.165) is 17.2 Å². The molecule has 0 fully saturated rings. The van der Waals surface area contributed by atoms with Crippen LogP contribution in [0.3, 0.4) is 0 Å². The molecule has 0 radical (unpaired) electrons. The van der Waals surface area contributed by atoms with Gasteiger partial charge in [-0.3, -0.25) is 4.79 Å². The number of benzene rings is 2. The van der Waals surface area contributed by atoms with Crippen LogP contribution in [0.25, 0.3) is 0 Å². The maximum absolute atomic E-state index is 13.5. The number of esters is 1. The van der Waals surface area contributed by atoms with Gasteiger partial charge in [0.15, 0.2) is 6.61 Å². The first kappa shape index (κ1) is 18.6. The first-order valence-electron chi connectivity index (χ1n) is 8.07. The van der Waals surface area contributed by atoms with E-state index in [9.17, 15) is 14.0 Å². The van der Waals surface area contributed by atoms with E-state index in [4.69, 9.17) is 4.74 Å². The van der Waals surface area contributed by atoms with E-state index < -0.39 is 24.3 Å². The fraction of sp³-hybridized carbons (Fsp3) is 0.300. The molecule has 0 heterocycles. The Morgan fingerprint density at radius 1 is 1.04 bits per heavy atom. The zero-order valence-corrected chi connectivity index (χ0v) is 14.9. The van der Waals surface area contributed by atoms with Gasteiger partial charge in [-0.1, -0.05) is 24.3 Å². The second-order valence-corrected chi connectivity index (χ2v) is 6.17. The topological polar surface area (TPSA) is 55.4 Å². The molecule has 25 heavy (non-hydrogen) atoms. The van der Waals surface area contributed by atoms with Crippen LogP contribution in [0, 0.1) is 26.6 Å². The van der Waals surface area contributed by atoms with Crippen molar-refractivity contribution in [2.24, 2.45) is 0 Å². The predicted octanol–water partition coefficient (Wildman–Crippen LogP) is 3.79. The van der Waals surface area contributed by atoms with Gasteiger partial charge in [0, 0.05) is 0 Å². The van der Waals surface area contributed by atoms with Crippen LogP contribution in [0.2, 0.25) is 0 Å². The van der Waals surface area contributed by atoms with E-state index in [0.29, 0.717) is 5.56 Å². The minimum atomic E-state index is -0.729. The molecule has 1 amide bonds. The van der Waals surface area contributed by atoms with Crippen LogP contribution >= 0.6 is 0 Å². The molecule has 0 aliphatic rings. The summed E-state index contributed by atoms with van der Waals surface area (Å²) in [6.45, 7) is 7.08. The average Bonchev–Trinajstić information content (AvgIpc) is 2.57. The quantitative estimate of drug-likeness (QED) is 0.841. The Kier molecular flexibility index (Phi) is 5.91. The summed E-state index contributed by atoms with van der Waals surface area (Å²) in [6.07, 6.45) is 0. The normalized spacial score (nSPS) is 11.7. The molecule has 1 unspecified atom stereocenters. The molecule has 132 valence electrons. The maximum atomic E-state index is 13.5. The van der Waals surface area contributed by atoms with Crippen molar-refractivity contribution in [2.45, 2.75) is 33.7 Å². The number of rotatable bonds is 5. The first-order chi connectivity index (χ1) is 11.8. The molecule has 2 rings (SSSR count). The molecule has 5 heteroatoms. The Hall–Kier alpha value is -2.69. The van der Waals surface area contributed by atoms with Gasteiger partial charge in [0.1, 0.15) is 5.82 Å². The SMILES string of the molecule is Cc1ccc(C(C)NC(=O)COC(=O)c2ccc(C)c(F)c2)cc1C. The highest BCUT2D eigenvalue weighted by atomic mass is 19.1. The summed E-state index contributed by atoms with van der Waals surface area (Å²) < 4.78 is 18.4. The second-order valence-electron chi connectivity index (χ2n) is 6.17. The van der Waals surface area contributed by atoms with Gasteiger partial charge in [-0.05, 0) is 62.1 Å². The molecule has 0 bridgehead atoms. The number of nitrogens with one attached hydrogen (secondary N) is 1. The number of halogens is 1. The number of ether oxygens (including phenoxy) is 1. The van der Waals surface area contributed by atoms with Gasteiger partial charge in [0.25, 0.3) is 5.91 Å². The summed E-state index contributed by atoms with van der Waals surface area (Å²) in [6, 6.07) is 9.83. The predicted molar refractivity (Wildman–Crippen MR) is 93.9 cm³/mol. The van der Waals surface area contributed by atoms with Crippen LogP contribution < -0.4 is 5.32 Å². The van der Waals surface area contributed by atoms with Crippen molar-refractivity contribution >= 4 is 11.9 Å². The highest BCUT2D eigenvalue weighted by Gasteiger charge is 2.14. The Morgan fingerprint density at radius 3 is 2.36 bits per heavy atom. The van der Waals surface area contributed by atoms with Crippen LogP contribution in [0.4, 0.5) is 4.39 Å². The molecule has 0 spiro atoms. The van der Waals surface area contributed by atoms with Gasteiger partial charge < -0.3 is 10.1 Å². The summed E-state index contributed by atoms with van der Waals surface area (Å²) >= 11 is 0. The molecule has 2 aromatic rings. The van der Waals surface area contributed by atoms with Gasteiger partial charge in [0.05, 0.1) is 11.6 Å². The van der Waals surface area contributed by atoms with Crippen molar-refractivity contribution in [3.8, 4) is 0 Å². The lowest BCUT2D eigenvalue weighted by atomic mass is 10.0. The average molecular weight is 343 g/mol. The minimum absolute atomic E-state index is 0.0816. The molecule has 0 aliphatic carbocycles. The number of hydrogen-bond donors (Lipinski definition) is 1. The summed E-state index contributed by atoms with van der Waals surface area (Å²) in [7, 11) is 0. The fourth-order valence-electron chi connectivity index (χ4n) is 2.33. The number of aryl methyl sites for hydroxylation is 3. The van der Waals surface area contributed by atoms with E-state index >= 15 is 0 Å². The molecule has 1 atom stereocenters. The van der Waals surface area contributed by atoms with Crippen LogP contribution in [-0.2, 0) is 9.53 Å². The van der Waals surface area contributed by atoms with Crippen LogP contribution in [0.1, 0.15) is 45.6 Å². The maximum Gasteiger partial charge on any atom is 0.338 e. The third-order valence-electron chi connectivity index (χ3n) is 4.15. The van der Waals surface area contributed by atoms with Crippen LogP contribution in [0.15, 0.2) is 36.4 Å². The molecule has 0 saturated heterocycles. The first-order valence-corrected chi connectivity index (χ1v) is 8.07. The zero-order valence-electron chi connectivity index (χ0n) is 14.9. The van der Waals surface area contributed by atoms with Gasteiger partial charge >= 0.3 is 5.97 Å². The third kappa shape index (κ3) is 4.89. The van der Waals surface area contributed by atoms with Crippen LogP contribution in [0.5, 0.6) is 0 Å². The highest BCUT2D eigenvalue weighted by molar-refractivity contribution is 5.91. The molecule has 4 nitrogen and oxygen atoms in total. The lowest BCUT2D eigenvalue weighted by Crippen LogP contribution is -2.31. The highest BCUT2D eigenvalue weighted by Crippen LogP contribution is 2.16. The molecule has 2 aromatic carbocycles. The summed E-state index contributed by atoms with van der Waals surface area (Å²) in [5.74, 6) is -1.62. The molecule has 0 aliphatic heterocycles. The smallest absolute Gasteiger partial charge is 0.338 e. The van der Waals surface area contributed by atoms with Crippen LogP contribution in [-0.4, -0.2) is 18.5 Å². The summed E-state index contributed by atoms with van der Waals surface area (Å²) in [4.78, 5) is 23.9. The lowest BCUT2D eigenvalue weighted by molar-refractivity contribution is -0.124. The second kappa shape index (κ2) is 7.92. The van der Waals surface area contributed by atoms with E-state index in [1.807, 2.05) is 39.0 Å². The Labute approximate surface area is 147 Å². The summed E-state index contributed by atoms with van der Waals surface area (Å²) in [5.41, 5.74) is 3.82. The fourth-order valence-corrected chi connectivity index (χ4v) is 2.33. The number of amides is 1. The Morgan fingerprint density at radius 2 is 1.72 bits per heavy atom. The van der Waals surface area contributed by atoms with Crippen molar-refractivity contribution in [3.05, 3.63) is 70.0 Å². The molecule has 0 saturated carbocycles. The zero-order chi connectivity index (χ0) is 18.6. The van der Waals surface area contributed by atoms with Crippen molar-refractivity contribution in [1.29, 1.82) is 0 Å². The van der Waals surface area contributed by atoms with Gasteiger partial charge in [-0.15, -0.1) is 0 Å².